The van der Waals surface area contributed by atoms with E-state index in [9.17, 15) is 4.79 Å². The zero-order valence-corrected chi connectivity index (χ0v) is 12.2. The molecule has 0 radical (unpaired) electrons. The molecule has 0 N–H and O–H groups in total. The van der Waals surface area contributed by atoms with Crippen molar-refractivity contribution >= 4 is 5.97 Å². The van der Waals surface area contributed by atoms with Crippen LogP contribution in [0.3, 0.4) is 0 Å². The summed E-state index contributed by atoms with van der Waals surface area (Å²) >= 11 is 0. The minimum Gasteiger partial charge on any atom is -0.459 e. The molecule has 4 bridgehead atoms. The Labute approximate surface area is 125 Å². The van der Waals surface area contributed by atoms with E-state index in [1.54, 1.807) is 0 Å². The van der Waals surface area contributed by atoms with E-state index in [1.165, 1.54) is 25.7 Å². The van der Waals surface area contributed by atoms with Gasteiger partial charge in [0.1, 0.15) is 6.10 Å². The van der Waals surface area contributed by atoms with Gasteiger partial charge in [-0.15, -0.1) is 0 Å². The van der Waals surface area contributed by atoms with Crippen LogP contribution in [0.15, 0.2) is 12.2 Å². The Kier molecular flexibility index (Phi) is 2.08. The van der Waals surface area contributed by atoms with Gasteiger partial charge < -0.3 is 9.47 Å². The van der Waals surface area contributed by atoms with Gasteiger partial charge in [-0.05, 0) is 61.7 Å². The summed E-state index contributed by atoms with van der Waals surface area (Å²) in [5, 5.41) is 0. The fraction of sp³-hybridized carbons (Fsp3) is 0.833. The van der Waals surface area contributed by atoms with Crippen LogP contribution in [0.2, 0.25) is 0 Å². The van der Waals surface area contributed by atoms with Gasteiger partial charge in [-0.2, -0.15) is 0 Å². The van der Waals surface area contributed by atoms with Gasteiger partial charge in [-0.1, -0.05) is 12.2 Å². The summed E-state index contributed by atoms with van der Waals surface area (Å²) in [5.74, 6) is 4.20. The second kappa shape index (κ2) is 3.73. The zero-order valence-electron chi connectivity index (χ0n) is 12.2. The molecule has 6 rings (SSSR count). The van der Waals surface area contributed by atoms with E-state index in [4.69, 9.17) is 9.47 Å². The predicted molar refractivity (Wildman–Crippen MR) is 75.2 cm³/mol. The number of rotatable bonds is 2. The first-order valence-electron chi connectivity index (χ1n) is 8.84. The van der Waals surface area contributed by atoms with E-state index in [2.05, 4.69) is 12.2 Å². The molecule has 1 aliphatic heterocycles. The molecule has 0 aromatic carbocycles. The maximum absolute atomic E-state index is 12.6. The largest absolute Gasteiger partial charge is 0.459 e. The molecule has 1 heterocycles. The van der Waals surface area contributed by atoms with Crippen LogP contribution in [0.25, 0.3) is 0 Å². The number of carbonyl (C=O) groups excluding carboxylic acids is 1. The maximum Gasteiger partial charge on any atom is 0.309 e. The molecule has 5 fully saturated rings. The lowest BCUT2D eigenvalue weighted by molar-refractivity contribution is -0.166. The Bertz CT molecular complexity index is 539. The minimum absolute atomic E-state index is 0.0762. The summed E-state index contributed by atoms with van der Waals surface area (Å²) in [7, 11) is 0. The van der Waals surface area contributed by atoms with E-state index < -0.39 is 0 Å². The quantitative estimate of drug-likeness (QED) is 0.578. The Morgan fingerprint density at radius 2 is 2.00 bits per heavy atom. The van der Waals surface area contributed by atoms with Gasteiger partial charge in [-0.3, -0.25) is 4.79 Å². The van der Waals surface area contributed by atoms with Crippen molar-refractivity contribution in [1.29, 1.82) is 0 Å². The number of ether oxygens (including phenoxy) is 2. The Morgan fingerprint density at radius 1 is 1.05 bits per heavy atom. The van der Waals surface area contributed by atoms with Crippen LogP contribution in [-0.2, 0) is 14.3 Å². The number of carbonyl (C=O) groups is 1. The van der Waals surface area contributed by atoms with E-state index >= 15 is 0 Å². The lowest BCUT2D eigenvalue weighted by Crippen LogP contribution is -2.41. The van der Waals surface area contributed by atoms with Gasteiger partial charge in [0.2, 0.25) is 0 Å². The standard InChI is InChI=1S/C18H22O3/c19-18(11-6-8-1-2-9(11)5-8)21-16-12-7-13-15-10(12)3-4-14(15)20-17(13)16/h1-2,8-17H,3-7H2. The van der Waals surface area contributed by atoms with Crippen molar-refractivity contribution in [3.63, 3.8) is 0 Å². The van der Waals surface area contributed by atoms with Gasteiger partial charge in [0, 0.05) is 5.92 Å². The molecule has 6 aliphatic rings. The number of fused-ring (bicyclic) bond motifs is 4. The Hall–Kier alpha value is -0.830. The highest BCUT2D eigenvalue weighted by Gasteiger charge is 2.68. The Balaban J connectivity index is 1.23. The molecule has 5 aliphatic carbocycles. The highest BCUT2D eigenvalue weighted by Crippen LogP contribution is 2.65. The highest BCUT2D eigenvalue weighted by atomic mass is 16.6. The maximum atomic E-state index is 12.6. The number of allylic oxidation sites excluding steroid dienone is 2. The summed E-state index contributed by atoms with van der Waals surface area (Å²) in [6, 6.07) is 0. The molecule has 4 saturated carbocycles. The van der Waals surface area contributed by atoms with Crippen molar-refractivity contribution < 1.29 is 14.3 Å². The molecular formula is C18H22O3. The third-order valence-corrected chi connectivity index (χ3v) is 7.63. The van der Waals surface area contributed by atoms with Crippen LogP contribution in [0.4, 0.5) is 0 Å². The van der Waals surface area contributed by atoms with Gasteiger partial charge in [0.15, 0.2) is 0 Å². The number of hydrogen-bond donors (Lipinski definition) is 0. The van der Waals surface area contributed by atoms with Crippen LogP contribution >= 0.6 is 0 Å². The monoisotopic (exact) mass is 286 g/mol. The molecule has 0 aromatic rings. The summed E-state index contributed by atoms with van der Waals surface area (Å²) in [6.45, 7) is 0. The van der Waals surface area contributed by atoms with Gasteiger partial charge >= 0.3 is 5.97 Å². The number of esters is 1. The fourth-order valence-corrected chi connectivity index (χ4v) is 6.94. The van der Waals surface area contributed by atoms with Crippen LogP contribution in [0.5, 0.6) is 0 Å². The lowest BCUT2D eigenvalue weighted by atomic mass is 9.80. The van der Waals surface area contributed by atoms with Crippen molar-refractivity contribution in [1.82, 2.24) is 0 Å². The second-order valence-electron chi connectivity index (χ2n) is 8.31. The molecule has 10 atom stereocenters. The van der Waals surface area contributed by atoms with Crippen LogP contribution in [0, 0.1) is 41.4 Å². The predicted octanol–water partition coefficient (Wildman–Crippen LogP) is 2.55. The SMILES string of the molecule is O=C(OC1C2CC3C1OC1CCC2C13)C1CC2C=CC1C2. The van der Waals surface area contributed by atoms with E-state index in [0.717, 1.165) is 18.3 Å². The average Bonchev–Trinajstić information content (AvgIpc) is 3.25. The van der Waals surface area contributed by atoms with E-state index in [-0.39, 0.29) is 24.1 Å². The first-order chi connectivity index (χ1) is 10.3. The molecule has 3 nitrogen and oxygen atoms in total. The molecule has 21 heavy (non-hydrogen) atoms. The molecule has 3 heteroatoms. The molecule has 10 unspecified atom stereocenters. The average molecular weight is 286 g/mol. The van der Waals surface area contributed by atoms with Crippen molar-refractivity contribution in [2.24, 2.45) is 41.4 Å². The van der Waals surface area contributed by atoms with Gasteiger partial charge in [0.05, 0.1) is 18.1 Å². The topological polar surface area (TPSA) is 35.5 Å². The third-order valence-electron chi connectivity index (χ3n) is 7.63. The first kappa shape index (κ1) is 11.7. The molecule has 1 saturated heterocycles. The smallest absolute Gasteiger partial charge is 0.309 e. The first-order valence-corrected chi connectivity index (χ1v) is 8.84. The van der Waals surface area contributed by atoms with Crippen LogP contribution < -0.4 is 0 Å². The fourth-order valence-electron chi connectivity index (χ4n) is 6.94. The third kappa shape index (κ3) is 1.33. The molecule has 112 valence electrons. The van der Waals surface area contributed by atoms with Crippen LogP contribution in [0.1, 0.15) is 32.1 Å². The van der Waals surface area contributed by atoms with E-state index in [1.807, 2.05) is 0 Å². The van der Waals surface area contributed by atoms with Crippen molar-refractivity contribution in [3.8, 4) is 0 Å². The van der Waals surface area contributed by atoms with Crippen molar-refractivity contribution in [2.75, 3.05) is 0 Å². The van der Waals surface area contributed by atoms with Crippen LogP contribution in [-0.4, -0.2) is 24.3 Å². The second-order valence-corrected chi connectivity index (χ2v) is 8.31. The Morgan fingerprint density at radius 3 is 2.81 bits per heavy atom. The summed E-state index contributed by atoms with van der Waals surface area (Å²) in [6.07, 6.45) is 11.3. The normalized spacial score (nSPS) is 61.1. The van der Waals surface area contributed by atoms with Gasteiger partial charge in [0.25, 0.3) is 0 Å². The highest BCUT2D eigenvalue weighted by molar-refractivity contribution is 5.74. The summed E-state index contributed by atoms with van der Waals surface area (Å²) < 4.78 is 12.3. The van der Waals surface area contributed by atoms with Gasteiger partial charge in [-0.25, -0.2) is 0 Å². The lowest BCUT2D eigenvalue weighted by Gasteiger charge is -2.32. The molecule has 0 amide bonds. The molecule has 0 aromatic heterocycles. The number of hydrogen-bond acceptors (Lipinski definition) is 3. The summed E-state index contributed by atoms with van der Waals surface area (Å²) in [4.78, 5) is 12.6. The zero-order chi connectivity index (χ0) is 13.7. The minimum atomic E-state index is 0.0762. The molecule has 0 spiro atoms. The summed E-state index contributed by atoms with van der Waals surface area (Å²) in [5.41, 5.74) is 0. The van der Waals surface area contributed by atoms with E-state index in [0.29, 0.717) is 29.8 Å². The molecular weight excluding hydrogens is 264 g/mol. The van der Waals surface area contributed by atoms with Crippen molar-refractivity contribution in [2.45, 2.75) is 50.4 Å². The van der Waals surface area contributed by atoms with Crippen molar-refractivity contribution in [3.05, 3.63) is 12.2 Å².